The molecule has 0 atom stereocenters. The Morgan fingerprint density at radius 1 is 1.07 bits per heavy atom. The molecule has 0 bridgehead atoms. The average molecular weight is 519 g/mol. The highest BCUT2D eigenvalue weighted by Gasteiger charge is 2.29. The van der Waals surface area contributed by atoms with Gasteiger partial charge in [-0.25, -0.2) is 4.68 Å². The van der Waals surface area contributed by atoms with Crippen molar-refractivity contribution < 1.29 is 4.79 Å². The van der Waals surface area contributed by atoms with E-state index in [9.17, 15) is 9.59 Å². The number of nitrogens with one attached hydrogen (secondary N) is 1. The van der Waals surface area contributed by atoms with Gasteiger partial charge in [0, 0.05) is 14.3 Å². The van der Waals surface area contributed by atoms with Crippen LogP contribution in [-0.2, 0) is 4.79 Å². The fourth-order valence-electron chi connectivity index (χ4n) is 3.11. The molecule has 146 valence electrons. The lowest BCUT2D eigenvalue weighted by molar-refractivity contribution is -0.114. The monoisotopic (exact) mass is 518 g/mol. The first-order valence-electron chi connectivity index (χ1n) is 8.80. The maximum absolute atomic E-state index is 13.0. The zero-order chi connectivity index (χ0) is 20.7. The quantitative estimate of drug-likeness (QED) is 0.409. The minimum atomic E-state index is -0.300. The van der Waals surface area contributed by atoms with E-state index in [-0.39, 0.29) is 11.5 Å². The number of rotatable bonds is 3. The number of benzene rings is 2. The number of amides is 1. The summed E-state index contributed by atoms with van der Waals surface area (Å²) >= 11 is 8.25. The lowest BCUT2D eigenvalue weighted by atomic mass is 10.1. The van der Waals surface area contributed by atoms with Crippen LogP contribution in [0.25, 0.3) is 11.8 Å². The topological polar surface area (TPSA) is 70.5 Å². The average Bonchev–Trinajstić information content (AvgIpc) is 3.13. The van der Waals surface area contributed by atoms with Crippen molar-refractivity contribution in [2.24, 2.45) is 5.10 Å². The van der Waals surface area contributed by atoms with Gasteiger partial charge in [-0.15, -0.1) is 0 Å². The molecule has 6 nitrogen and oxygen atoms in total. The molecule has 1 aromatic heterocycles. The number of carbonyl (C=O) groups is 1. The molecule has 0 unspecified atom stereocenters. The highest BCUT2D eigenvalue weighted by Crippen LogP contribution is 2.27. The summed E-state index contributed by atoms with van der Waals surface area (Å²) in [7, 11) is 0. The molecule has 2 heterocycles. The van der Waals surface area contributed by atoms with E-state index >= 15 is 0 Å². The molecule has 1 N–H and O–H groups in total. The van der Waals surface area contributed by atoms with Crippen LogP contribution in [0.3, 0.4) is 0 Å². The highest BCUT2D eigenvalue weighted by molar-refractivity contribution is 14.1. The van der Waals surface area contributed by atoms with Crippen LogP contribution in [0.2, 0.25) is 5.02 Å². The first-order chi connectivity index (χ1) is 13.8. The third kappa shape index (κ3) is 3.67. The lowest BCUT2D eigenvalue weighted by Gasteiger charge is -2.11. The van der Waals surface area contributed by atoms with Crippen LogP contribution >= 0.6 is 34.2 Å². The van der Waals surface area contributed by atoms with Gasteiger partial charge in [-0.05, 0) is 85.0 Å². The largest absolute Gasteiger partial charge is 0.295 e. The fraction of sp³-hybridized carbons (Fsp3) is 0.0952. The van der Waals surface area contributed by atoms with Gasteiger partial charge < -0.3 is 0 Å². The molecule has 1 aliphatic heterocycles. The zero-order valence-electron chi connectivity index (χ0n) is 15.6. The van der Waals surface area contributed by atoms with Gasteiger partial charge in [-0.1, -0.05) is 17.7 Å². The van der Waals surface area contributed by atoms with Crippen molar-refractivity contribution in [3.8, 4) is 5.69 Å². The number of hydrogen-bond acceptors (Lipinski definition) is 3. The predicted octanol–water partition coefficient (Wildman–Crippen LogP) is 4.54. The van der Waals surface area contributed by atoms with Crippen LogP contribution in [0.15, 0.2) is 64.0 Å². The van der Waals surface area contributed by atoms with Crippen molar-refractivity contribution in [3.05, 3.63) is 84.3 Å². The smallest absolute Gasteiger partial charge is 0.280 e. The van der Waals surface area contributed by atoms with Crippen molar-refractivity contribution in [2.75, 3.05) is 5.01 Å². The summed E-state index contributed by atoms with van der Waals surface area (Å²) in [5.41, 5.74) is 3.09. The molecule has 0 fully saturated rings. The van der Waals surface area contributed by atoms with E-state index in [4.69, 9.17) is 11.6 Å². The Kier molecular flexibility index (Phi) is 5.18. The van der Waals surface area contributed by atoms with Crippen LogP contribution in [0.4, 0.5) is 5.69 Å². The molecule has 0 saturated carbocycles. The Labute approximate surface area is 185 Å². The van der Waals surface area contributed by atoms with Crippen molar-refractivity contribution in [1.82, 2.24) is 9.78 Å². The van der Waals surface area contributed by atoms with Gasteiger partial charge in [0.15, 0.2) is 0 Å². The van der Waals surface area contributed by atoms with Crippen molar-refractivity contribution in [3.63, 3.8) is 0 Å². The molecule has 3 aromatic rings. The lowest BCUT2D eigenvalue weighted by Crippen LogP contribution is -2.22. The molecule has 0 spiro atoms. The molecular weight excluding hydrogens is 503 g/mol. The number of halogens is 2. The Morgan fingerprint density at radius 2 is 1.79 bits per heavy atom. The minimum absolute atomic E-state index is 0.224. The van der Waals surface area contributed by atoms with Gasteiger partial charge in [0.2, 0.25) is 0 Å². The zero-order valence-corrected chi connectivity index (χ0v) is 18.5. The molecule has 1 aliphatic rings. The maximum Gasteiger partial charge on any atom is 0.280 e. The van der Waals surface area contributed by atoms with Crippen molar-refractivity contribution >= 4 is 57.6 Å². The van der Waals surface area contributed by atoms with E-state index in [1.54, 1.807) is 44.2 Å². The van der Waals surface area contributed by atoms with Crippen LogP contribution in [0.1, 0.15) is 18.2 Å². The highest BCUT2D eigenvalue weighted by atomic mass is 127. The van der Waals surface area contributed by atoms with Gasteiger partial charge >= 0.3 is 0 Å². The second-order valence-electron chi connectivity index (χ2n) is 6.61. The maximum atomic E-state index is 13.0. The van der Waals surface area contributed by atoms with Crippen LogP contribution in [0, 0.1) is 10.5 Å². The second-order valence-corrected chi connectivity index (χ2v) is 8.29. The summed E-state index contributed by atoms with van der Waals surface area (Å²) in [6, 6.07) is 14.5. The first kappa shape index (κ1) is 19.7. The van der Waals surface area contributed by atoms with E-state index in [0.717, 1.165) is 9.26 Å². The van der Waals surface area contributed by atoms with E-state index in [1.165, 1.54) is 9.69 Å². The van der Waals surface area contributed by atoms with Crippen molar-refractivity contribution in [2.45, 2.75) is 13.8 Å². The van der Waals surface area contributed by atoms with Crippen LogP contribution in [-0.4, -0.2) is 21.4 Å². The number of aromatic nitrogens is 2. The number of hydrazone groups is 1. The summed E-state index contributed by atoms with van der Waals surface area (Å²) in [5.74, 6) is -0.300. The predicted molar refractivity (Wildman–Crippen MR) is 124 cm³/mol. The minimum Gasteiger partial charge on any atom is -0.295 e. The molecule has 29 heavy (non-hydrogen) atoms. The van der Waals surface area contributed by atoms with Gasteiger partial charge in [0.1, 0.15) is 0 Å². The molecule has 8 heteroatoms. The van der Waals surface area contributed by atoms with Gasteiger partial charge in [0.05, 0.1) is 28.2 Å². The summed E-state index contributed by atoms with van der Waals surface area (Å²) in [6.45, 7) is 3.55. The normalized spacial score (nSPS) is 15.3. The number of carbonyl (C=O) groups excluding carboxylic acids is 1. The number of H-pyrrole nitrogens is 1. The standard InChI is InChI=1S/C21H16ClIN4O2/c1-12-18(20(28)26(24-12)16-8-6-15(23)7-9-16)11-19-13(2)25-27(21(19)29)17-5-3-4-14(22)10-17/h3-11,24H,1-2H3. The number of nitrogens with zero attached hydrogens (tertiary/aromatic N) is 3. The van der Waals surface area contributed by atoms with E-state index in [1.807, 2.05) is 24.3 Å². The Bertz CT molecular complexity index is 1240. The van der Waals surface area contributed by atoms with E-state index in [2.05, 4.69) is 32.8 Å². The molecule has 1 amide bonds. The van der Waals surface area contributed by atoms with E-state index < -0.39 is 0 Å². The molecule has 4 rings (SSSR count). The first-order valence-corrected chi connectivity index (χ1v) is 10.3. The Balaban J connectivity index is 1.73. The third-order valence-corrected chi connectivity index (χ3v) is 5.56. The number of anilines is 1. The number of aryl methyl sites for hydroxylation is 1. The summed E-state index contributed by atoms with van der Waals surface area (Å²) < 4.78 is 2.55. The number of hydrogen-bond donors (Lipinski definition) is 1. The van der Waals surface area contributed by atoms with Gasteiger partial charge in [-0.3, -0.25) is 14.7 Å². The van der Waals surface area contributed by atoms with Crippen molar-refractivity contribution in [1.29, 1.82) is 0 Å². The number of aromatic amines is 1. The molecule has 0 radical (unpaired) electrons. The summed E-state index contributed by atoms with van der Waals surface area (Å²) in [4.78, 5) is 25.9. The third-order valence-electron chi connectivity index (χ3n) is 4.61. The second kappa shape index (κ2) is 7.64. The van der Waals surface area contributed by atoms with Gasteiger partial charge in [0.25, 0.3) is 11.5 Å². The van der Waals surface area contributed by atoms with Crippen LogP contribution in [0.5, 0.6) is 0 Å². The molecule has 0 saturated heterocycles. The fourth-order valence-corrected chi connectivity index (χ4v) is 3.66. The summed E-state index contributed by atoms with van der Waals surface area (Å²) in [6.07, 6.45) is 1.60. The van der Waals surface area contributed by atoms with Gasteiger partial charge in [-0.2, -0.15) is 10.1 Å². The molecule has 2 aromatic carbocycles. The summed E-state index contributed by atoms with van der Waals surface area (Å²) in [5, 5.41) is 9.24. The molecular formula is C21H16ClIN4O2. The van der Waals surface area contributed by atoms with Crippen LogP contribution < -0.4 is 10.6 Å². The van der Waals surface area contributed by atoms with E-state index in [0.29, 0.717) is 33.3 Å². The Morgan fingerprint density at radius 3 is 2.48 bits per heavy atom. The Hall–Kier alpha value is -2.65. The SMILES string of the molecule is CC1=NN(c2cccc(Cl)c2)C(=O)C1=Cc1c(C)[nH]n(-c2ccc(I)cc2)c1=O. The molecule has 0 aliphatic carbocycles.